The molecule has 1 aliphatic rings. The standard InChI is InChI=1S/C18H23N5S/c1-5-9-20-18(22-17-8-7-10-24-17)16-11-15(12-21-16)14(6-2)13-23(4)19-3/h5-10,12-13,19H,2,11H2,1,3-4H3,(H,20,22)/b9-5-,14-13+. The number of allylic oxidation sites excluding steroid dienone is 4. The predicted octanol–water partition coefficient (Wildman–Crippen LogP) is 3.96. The van der Waals surface area contributed by atoms with Crippen molar-refractivity contribution >= 4 is 27.9 Å². The molecule has 0 spiro atoms. The van der Waals surface area contributed by atoms with Gasteiger partial charge in [-0.1, -0.05) is 18.7 Å². The molecule has 5 nitrogen and oxygen atoms in total. The Labute approximate surface area is 147 Å². The number of hydrogen-bond donors (Lipinski definition) is 2. The van der Waals surface area contributed by atoms with E-state index in [1.807, 2.05) is 68.1 Å². The van der Waals surface area contributed by atoms with Crippen molar-refractivity contribution in [1.82, 2.24) is 10.4 Å². The van der Waals surface area contributed by atoms with E-state index in [0.717, 1.165) is 27.7 Å². The zero-order valence-corrected chi connectivity index (χ0v) is 15.1. The normalized spacial score (nSPS) is 15.5. The fraction of sp³-hybridized carbons (Fsp3) is 0.222. The van der Waals surface area contributed by atoms with Gasteiger partial charge >= 0.3 is 0 Å². The van der Waals surface area contributed by atoms with Gasteiger partial charge in [-0.3, -0.25) is 4.99 Å². The van der Waals surface area contributed by atoms with Crippen molar-refractivity contribution in [2.24, 2.45) is 9.98 Å². The van der Waals surface area contributed by atoms with Crippen LogP contribution >= 0.6 is 11.3 Å². The van der Waals surface area contributed by atoms with Crippen molar-refractivity contribution < 1.29 is 0 Å². The van der Waals surface area contributed by atoms with E-state index in [1.165, 1.54) is 0 Å². The van der Waals surface area contributed by atoms with Gasteiger partial charge in [0.15, 0.2) is 5.84 Å². The summed E-state index contributed by atoms with van der Waals surface area (Å²) in [6.45, 7) is 5.85. The van der Waals surface area contributed by atoms with Crippen LogP contribution in [0.15, 0.2) is 76.0 Å². The smallest absolute Gasteiger partial charge is 0.152 e. The molecule has 0 amide bonds. The summed E-state index contributed by atoms with van der Waals surface area (Å²) in [5.74, 6) is 0.771. The molecule has 0 bridgehead atoms. The molecule has 1 aromatic rings. The summed E-state index contributed by atoms with van der Waals surface area (Å²) in [6, 6.07) is 4.03. The lowest BCUT2D eigenvalue weighted by Gasteiger charge is -2.14. The first-order chi connectivity index (χ1) is 11.7. The number of thiophene rings is 1. The average Bonchev–Trinajstić information content (AvgIpc) is 3.27. The Kier molecular flexibility index (Phi) is 6.72. The minimum absolute atomic E-state index is 0.712. The van der Waals surface area contributed by atoms with Crippen molar-refractivity contribution in [3.63, 3.8) is 0 Å². The van der Waals surface area contributed by atoms with Crippen molar-refractivity contribution in [1.29, 1.82) is 0 Å². The summed E-state index contributed by atoms with van der Waals surface area (Å²) < 4.78 is 0. The molecule has 0 radical (unpaired) electrons. The van der Waals surface area contributed by atoms with Crippen LogP contribution in [0.25, 0.3) is 0 Å². The van der Waals surface area contributed by atoms with Gasteiger partial charge in [-0.25, -0.2) is 10.4 Å². The van der Waals surface area contributed by atoms with Gasteiger partial charge in [0.25, 0.3) is 0 Å². The lowest BCUT2D eigenvalue weighted by atomic mass is 10.0. The molecular weight excluding hydrogens is 318 g/mol. The zero-order chi connectivity index (χ0) is 17.4. The Morgan fingerprint density at radius 2 is 2.33 bits per heavy atom. The van der Waals surface area contributed by atoms with Crippen LogP contribution in [0, 0.1) is 0 Å². The third-order valence-corrected chi connectivity index (χ3v) is 4.18. The topological polar surface area (TPSA) is 52.0 Å². The van der Waals surface area contributed by atoms with E-state index in [2.05, 4.69) is 27.3 Å². The molecule has 0 saturated carbocycles. The maximum atomic E-state index is 4.56. The summed E-state index contributed by atoms with van der Waals surface area (Å²) in [7, 11) is 3.81. The van der Waals surface area contributed by atoms with Gasteiger partial charge in [0.05, 0.1) is 10.7 Å². The second-order valence-corrected chi connectivity index (χ2v) is 6.04. The van der Waals surface area contributed by atoms with Gasteiger partial charge in [-0.05, 0) is 35.6 Å². The van der Waals surface area contributed by atoms with Crippen LogP contribution in [0.1, 0.15) is 13.3 Å². The third-order valence-electron chi connectivity index (χ3n) is 3.40. The number of rotatable bonds is 7. The van der Waals surface area contributed by atoms with Crippen LogP contribution < -0.4 is 10.7 Å². The number of nitrogens with zero attached hydrogens (tertiary/aromatic N) is 3. The number of amidine groups is 1. The van der Waals surface area contributed by atoms with Gasteiger partial charge < -0.3 is 10.3 Å². The summed E-state index contributed by atoms with van der Waals surface area (Å²) >= 11 is 1.64. The number of aliphatic imine (C=N–C) groups is 2. The van der Waals surface area contributed by atoms with E-state index in [9.17, 15) is 0 Å². The molecule has 0 atom stereocenters. The summed E-state index contributed by atoms with van der Waals surface area (Å²) in [6.07, 6.45) is 10.1. The van der Waals surface area contributed by atoms with Crippen LogP contribution in [0.3, 0.4) is 0 Å². The quantitative estimate of drug-likeness (QED) is 0.342. The zero-order valence-electron chi connectivity index (χ0n) is 14.3. The first-order valence-electron chi connectivity index (χ1n) is 7.68. The highest BCUT2D eigenvalue weighted by molar-refractivity contribution is 7.14. The van der Waals surface area contributed by atoms with Crippen molar-refractivity contribution in [3.8, 4) is 0 Å². The van der Waals surface area contributed by atoms with Crippen LogP contribution in [-0.2, 0) is 0 Å². The molecule has 0 aliphatic carbocycles. The van der Waals surface area contributed by atoms with E-state index in [0.29, 0.717) is 6.42 Å². The van der Waals surface area contributed by atoms with Crippen molar-refractivity contribution in [3.05, 3.63) is 66.0 Å². The molecule has 0 unspecified atom stereocenters. The van der Waals surface area contributed by atoms with Gasteiger partial charge in [-0.15, -0.1) is 11.3 Å². The monoisotopic (exact) mass is 341 g/mol. The summed E-state index contributed by atoms with van der Waals surface area (Å²) in [5, 5.41) is 8.31. The fourth-order valence-corrected chi connectivity index (χ4v) is 2.70. The highest BCUT2D eigenvalue weighted by atomic mass is 32.1. The van der Waals surface area contributed by atoms with Gasteiger partial charge in [0.2, 0.25) is 0 Å². The van der Waals surface area contributed by atoms with Gasteiger partial charge in [0.1, 0.15) is 0 Å². The first kappa shape index (κ1) is 17.9. The van der Waals surface area contributed by atoms with Crippen LogP contribution in [0.5, 0.6) is 0 Å². The molecular formula is C18H23N5S. The second-order valence-electron chi connectivity index (χ2n) is 5.09. The summed E-state index contributed by atoms with van der Waals surface area (Å²) in [5.41, 5.74) is 6.11. The molecule has 24 heavy (non-hydrogen) atoms. The van der Waals surface area contributed by atoms with Crippen LogP contribution in [-0.4, -0.2) is 30.7 Å². The van der Waals surface area contributed by atoms with E-state index < -0.39 is 0 Å². The van der Waals surface area contributed by atoms with E-state index in [-0.39, 0.29) is 0 Å². The van der Waals surface area contributed by atoms with E-state index in [4.69, 9.17) is 0 Å². The molecule has 126 valence electrons. The number of nitrogens with one attached hydrogen (secondary N) is 2. The molecule has 0 saturated heterocycles. The van der Waals surface area contributed by atoms with Crippen LogP contribution in [0.4, 0.5) is 5.00 Å². The van der Waals surface area contributed by atoms with Gasteiger partial charge in [-0.2, -0.15) is 0 Å². The molecule has 2 N–H and O–H groups in total. The Bertz CT molecular complexity index is 708. The molecule has 1 aliphatic heterocycles. The molecule has 2 heterocycles. The molecule has 1 aromatic heterocycles. The SMILES string of the molecule is C=C/C(=C\N(C)NC)C1=CN=C(C(=N/C=C\C)Nc2cccs2)C1. The van der Waals surface area contributed by atoms with Crippen molar-refractivity contribution in [2.45, 2.75) is 13.3 Å². The summed E-state index contributed by atoms with van der Waals surface area (Å²) in [4.78, 5) is 9.05. The minimum Gasteiger partial charge on any atom is -0.330 e. The Morgan fingerprint density at radius 1 is 1.50 bits per heavy atom. The Morgan fingerprint density at radius 3 is 2.96 bits per heavy atom. The number of anilines is 1. The fourth-order valence-electron chi connectivity index (χ4n) is 2.08. The van der Waals surface area contributed by atoms with Crippen molar-refractivity contribution in [2.75, 3.05) is 19.4 Å². The lowest BCUT2D eigenvalue weighted by Crippen LogP contribution is -2.25. The van der Waals surface area contributed by atoms with Crippen LogP contribution in [0.2, 0.25) is 0 Å². The Hall–Kier alpha value is -2.44. The molecule has 0 aromatic carbocycles. The number of hydrazine groups is 1. The molecule has 0 fully saturated rings. The largest absolute Gasteiger partial charge is 0.330 e. The predicted molar refractivity (Wildman–Crippen MR) is 105 cm³/mol. The molecule has 2 rings (SSSR count). The third kappa shape index (κ3) is 4.78. The highest BCUT2D eigenvalue weighted by Crippen LogP contribution is 2.23. The van der Waals surface area contributed by atoms with Gasteiger partial charge in [0, 0.05) is 39.1 Å². The second kappa shape index (κ2) is 9.00. The first-order valence-corrected chi connectivity index (χ1v) is 8.56. The minimum atomic E-state index is 0.712. The maximum absolute atomic E-state index is 4.56. The molecule has 6 heteroatoms. The maximum Gasteiger partial charge on any atom is 0.152 e. The highest BCUT2D eigenvalue weighted by Gasteiger charge is 2.18. The Balaban J connectivity index is 2.15. The average molecular weight is 341 g/mol. The lowest BCUT2D eigenvalue weighted by molar-refractivity contribution is 0.363. The number of hydrogen-bond acceptors (Lipinski definition) is 5. The van der Waals surface area contributed by atoms with E-state index in [1.54, 1.807) is 17.5 Å². The van der Waals surface area contributed by atoms with E-state index >= 15 is 0 Å².